The third-order valence-corrected chi connectivity index (χ3v) is 6.59. The zero-order valence-corrected chi connectivity index (χ0v) is 18.2. The molecule has 0 unspecified atom stereocenters. The number of pyridine rings is 1. The van der Waals surface area contributed by atoms with Crippen molar-refractivity contribution in [3.63, 3.8) is 0 Å². The standard InChI is InChI=1S/C25H31N3O3/c1-27(24(29)21-10-5-6-14-26-21)22(18-19-8-3-2-4-9-19)20-12-15-28(16-13-20)25(30)23-11-7-17-31-23/h2-6,8-10,14,20,22-23H,7,11-13,15-18H2,1H3/t22-,23+/m0/s1. The van der Waals surface area contributed by atoms with Gasteiger partial charge in [0.05, 0.1) is 0 Å². The third-order valence-electron chi connectivity index (χ3n) is 6.59. The van der Waals surface area contributed by atoms with E-state index in [1.54, 1.807) is 12.3 Å². The Morgan fingerprint density at radius 2 is 1.84 bits per heavy atom. The molecular weight excluding hydrogens is 390 g/mol. The largest absolute Gasteiger partial charge is 0.368 e. The maximum absolute atomic E-state index is 13.1. The second-order valence-corrected chi connectivity index (χ2v) is 8.55. The van der Waals surface area contributed by atoms with Crippen LogP contribution in [0, 0.1) is 5.92 Å². The van der Waals surface area contributed by atoms with Crippen molar-refractivity contribution in [1.29, 1.82) is 0 Å². The van der Waals surface area contributed by atoms with E-state index in [-0.39, 0.29) is 24.0 Å². The summed E-state index contributed by atoms with van der Waals surface area (Å²) in [5.74, 6) is 0.402. The fourth-order valence-corrected chi connectivity index (χ4v) is 4.78. The van der Waals surface area contributed by atoms with E-state index in [0.717, 1.165) is 45.2 Å². The number of benzene rings is 1. The van der Waals surface area contributed by atoms with Crippen LogP contribution in [0.3, 0.4) is 0 Å². The quantitative estimate of drug-likeness (QED) is 0.719. The Morgan fingerprint density at radius 1 is 1.10 bits per heavy atom. The lowest BCUT2D eigenvalue weighted by molar-refractivity contribution is -0.142. The molecule has 6 nitrogen and oxygen atoms in total. The zero-order valence-electron chi connectivity index (χ0n) is 18.2. The monoisotopic (exact) mass is 421 g/mol. The van der Waals surface area contributed by atoms with Crippen LogP contribution in [0.1, 0.15) is 41.7 Å². The van der Waals surface area contributed by atoms with Crippen molar-refractivity contribution < 1.29 is 14.3 Å². The van der Waals surface area contributed by atoms with Crippen LogP contribution in [-0.4, -0.2) is 65.5 Å². The van der Waals surface area contributed by atoms with Gasteiger partial charge < -0.3 is 14.5 Å². The first kappa shape index (κ1) is 21.5. The lowest BCUT2D eigenvalue weighted by Gasteiger charge is -2.40. The summed E-state index contributed by atoms with van der Waals surface area (Å²) in [6.45, 7) is 2.13. The summed E-state index contributed by atoms with van der Waals surface area (Å²) in [7, 11) is 1.88. The molecule has 2 aliphatic rings. The van der Waals surface area contributed by atoms with E-state index in [4.69, 9.17) is 4.74 Å². The SMILES string of the molecule is CN(C(=O)c1ccccn1)[C@@H](Cc1ccccc1)C1CCN(C(=O)[C@H]2CCCO2)CC1. The average molecular weight is 422 g/mol. The molecule has 1 aromatic carbocycles. The molecule has 164 valence electrons. The highest BCUT2D eigenvalue weighted by atomic mass is 16.5. The van der Waals surface area contributed by atoms with Crippen LogP contribution in [-0.2, 0) is 16.0 Å². The van der Waals surface area contributed by atoms with Crippen LogP contribution in [0.4, 0.5) is 0 Å². The molecule has 4 rings (SSSR count). The normalized spacial score (nSPS) is 20.4. The Balaban J connectivity index is 1.47. The molecule has 2 aromatic rings. The molecule has 2 fully saturated rings. The van der Waals surface area contributed by atoms with Crippen molar-refractivity contribution in [3.05, 3.63) is 66.0 Å². The Hall–Kier alpha value is -2.73. The van der Waals surface area contributed by atoms with Crippen LogP contribution in [0.15, 0.2) is 54.7 Å². The Kier molecular flexibility index (Phi) is 6.97. The summed E-state index contributed by atoms with van der Waals surface area (Å²) in [6, 6.07) is 15.8. The van der Waals surface area contributed by atoms with E-state index < -0.39 is 0 Å². The van der Waals surface area contributed by atoms with Crippen molar-refractivity contribution in [2.45, 2.75) is 44.2 Å². The van der Waals surface area contributed by atoms with Crippen LogP contribution in [0.25, 0.3) is 0 Å². The molecule has 31 heavy (non-hydrogen) atoms. The van der Waals surface area contributed by atoms with Crippen LogP contribution in [0.2, 0.25) is 0 Å². The maximum atomic E-state index is 13.1. The van der Waals surface area contributed by atoms with Gasteiger partial charge in [-0.25, -0.2) is 0 Å². The number of amides is 2. The smallest absolute Gasteiger partial charge is 0.272 e. The predicted octanol–water partition coefficient (Wildman–Crippen LogP) is 3.18. The van der Waals surface area contributed by atoms with Gasteiger partial charge in [-0.2, -0.15) is 0 Å². The molecule has 2 amide bonds. The van der Waals surface area contributed by atoms with Crippen LogP contribution in [0.5, 0.6) is 0 Å². The van der Waals surface area contributed by atoms with Crippen molar-refractivity contribution in [2.75, 3.05) is 26.7 Å². The predicted molar refractivity (Wildman–Crippen MR) is 119 cm³/mol. The van der Waals surface area contributed by atoms with E-state index in [1.165, 1.54) is 5.56 Å². The van der Waals surface area contributed by atoms with Crippen molar-refractivity contribution >= 4 is 11.8 Å². The number of hydrogen-bond acceptors (Lipinski definition) is 4. The molecule has 1 aromatic heterocycles. The summed E-state index contributed by atoms with van der Waals surface area (Å²) < 4.78 is 5.59. The van der Waals surface area contributed by atoms with Crippen LogP contribution < -0.4 is 0 Å². The highest BCUT2D eigenvalue weighted by Gasteiger charge is 2.35. The van der Waals surface area contributed by atoms with Gasteiger partial charge in [-0.1, -0.05) is 36.4 Å². The van der Waals surface area contributed by atoms with Gasteiger partial charge in [-0.05, 0) is 55.7 Å². The van der Waals surface area contributed by atoms with Gasteiger partial charge in [0.15, 0.2) is 0 Å². The molecular formula is C25H31N3O3. The zero-order chi connectivity index (χ0) is 21.6. The molecule has 6 heteroatoms. The van der Waals surface area contributed by atoms with Gasteiger partial charge in [0.2, 0.25) is 0 Å². The first-order valence-electron chi connectivity index (χ1n) is 11.3. The Bertz CT molecular complexity index is 860. The van der Waals surface area contributed by atoms with Gasteiger partial charge >= 0.3 is 0 Å². The van der Waals surface area contributed by atoms with Crippen molar-refractivity contribution in [3.8, 4) is 0 Å². The molecule has 0 bridgehead atoms. The van der Waals surface area contributed by atoms with E-state index in [1.807, 2.05) is 47.2 Å². The number of rotatable bonds is 6. The molecule has 0 spiro atoms. The lowest BCUT2D eigenvalue weighted by Crippen LogP contribution is -2.50. The van der Waals surface area contributed by atoms with Gasteiger partial charge in [0, 0.05) is 39.0 Å². The highest BCUT2D eigenvalue weighted by Crippen LogP contribution is 2.28. The second-order valence-electron chi connectivity index (χ2n) is 8.55. The number of carbonyl (C=O) groups excluding carboxylic acids is 2. The molecule has 0 saturated carbocycles. The fourth-order valence-electron chi connectivity index (χ4n) is 4.78. The lowest BCUT2D eigenvalue weighted by atomic mass is 9.84. The van der Waals surface area contributed by atoms with Crippen molar-refractivity contribution in [1.82, 2.24) is 14.8 Å². The third kappa shape index (κ3) is 5.13. The minimum Gasteiger partial charge on any atom is -0.368 e. The highest BCUT2D eigenvalue weighted by molar-refractivity contribution is 5.92. The second kappa shape index (κ2) is 10.1. The fraction of sp³-hybridized carbons (Fsp3) is 0.480. The molecule has 0 radical (unpaired) electrons. The first-order chi connectivity index (χ1) is 15.1. The minimum absolute atomic E-state index is 0.0527. The number of nitrogens with zero attached hydrogens (tertiary/aromatic N) is 3. The van der Waals surface area contributed by atoms with Crippen LogP contribution >= 0.6 is 0 Å². The topological polar surface area (TPSA) is 62.7 Å². The molecule has 2 aliphatic heterocycles. The van der Waals surface area contributed by atoms with Gasteiger partial charge in [0.25, 0.3) is 11.8 Å². The van der Waals surface area contributed by atoms with Crippen molar-refractivity contribution in [2.24, 2.45) is 5.92 Å². The summed E-state index contributed by atoms with van der Waals surface area (Å²) in [5.41, 5.74) is 1.68. The van der Waals surface area contributed by atoms with E-state index >= 15 is 0 Å². The Morgan fingerprint density at radius 3 is 2.48 bits per heavy atom. The average Bonchev–Trinajstić information content (AvgIpc) is 3.38. The van der Waals surface area contributed by atoms with Gasteiger partial charge in [-0.3, -0.25) is 14.6 Å². The summed E-state index contributed by atoms with van der Waals surface area (Å²) in [5, 5.41) is 0. The molecule has 2 atom stereocenters. The molecule has 0 aliphatic carbocycles. The first-order valence-corrected chi connectivity index (χ1v) is 11.3. The summed E-state index contributed by atoms with van der Waals surface area (Å²) in [6.07, 6.45) is 5.75. The number of likely N-dealkylation sites (N-methyl/N-ethyl adjacent to an activating group) is 1. The molecule has 0 N–H and O–H groups in total. The molecule has 2 saturated heterocycles. The summed E-state index contributed by atoms with van der Waals surface area (Å²) in [4.78, 5) is 33.9. The van der Waals surface area contributed by atoms with E-state index in [9.17, 15) is 9.59 Å². The number of piperidine rings is 1. The Labute approximate surface area is 184 Å². The summed E-state index contributed by atoms with van der Waals surface area (Å²) >= 11 is 0. The molecule has 3 heterocycles. The minimum atomic E-state index is -0.259. The number of hydrogen-bond donors (Lipinski definition) is 0. The van der Waals surface area contributed by atoms with Gasteiger partial charge in [-0.15, -0.1) is 0 Å². The number of carbonyl (C=O) groups is 2. The van der Waals surface area contributed by atoms with E-state index in [0.29, 0.717) is 18.2 Å². The number of ether oxygens (including phenoxy) is 1. The number of likely N-dealkylation sites (tertiary alicyclic amines) is 1. The maximum Gasteiger partial charge on any atom is 0.272 e. The number of aromatic nitrogens is 1. The van der Waals surface area contributed by atoms with Gasteiger partial charge in [0.1, 0.15) is 11.8 Å². The van der Waals surface area contributed by atoms with E-state index in [2.05, 4.69) is 17.1 Å².